The molecule has 0 aliphatic carbocycles. The third-order valence-electron chi connectivity index (χ3n) is 4.53. The number of ether oxygens (including phenoxy) is 1. The molecule has 0 saturated heterocycles. The highest BCUT2D eigenvalue weighted by atomic mass is 35.5. The molecule has 0 bridgehead atoms. The van der Waals surface area contributed by atoms with Crippen LogP contribution in [0.25, 0.3) is 0 Å². The van der Waals surface area contributed by atoms with Gasteiger partial charge in [0, 0.05) is 10.6 Å². The standard InChI is InChI=1S/C20H21Cl2N3O2/c1-19(2,3)20(26,11-25-13-23-12-24-25)17-9-8-16(10-18(17)22)27-15-6-4-14(21)5-7-15/h4-10,12-13,26H,11H2,1-3H3/t20-/m0/s1. The summed E-state index contributed by atoms with van der Waals surface area (Å²) in [7, 11) is 0. The first-order valence-corrected chi connectivity index (χ1v) is 9.23. The molecule has 1 atom stereocenters. The fraction of sp³-hybridized carbons (Fsp3) is 0.300. The second-order valence-corrected chi connectivity index (χ2v) is 8.24. The van der Waals surface area contributed by atoms with E-state index in [1.165, 1.54) is 6.33 Å². The van der Waals surface area contributed by atoms with E-state index in [0.29, 0.717) is 27.1 Å². The number of hydrogen-bond donors (Lipinski definition) is 1. The molecule has 1 heterocycles. The van der Waals surface area contributed by atoms with Crippen molar-refractivity contribution in [2.45, 2.75) is 32.9 Å². The molecule has 0 amide bonds. The Hall–Kier alpha value is -2.08. The Morgan fingerprint density at radius 2 is 1.70 bits per heavy atom. The van der Waals surface area contributed by atoms with Crippen LogP contribution in [0.4, 0.5) is 0 Å². The predicted octanol–water partition coefficient (Wildman–Crippen LogP) is 5.31. The minimum Gasteiger partial charge on any atom is -0.457 e. The zero-order valence-electron chi connectivity index (χ0n) is 15.4. The highest BCUT2D eigenvalue weighted by molar-refractivity contribution is 6.31. The van der Waals surface area contributed by atoms with Crippen molar-refractivity contribution in [2.75, 3.05) is 0 Å². The summed E-state index contributed by atoms with van der Waals surface area (Å²) in [6.45, 7) is 6.10. The van der Waals surface area contributed by atoms with Gasteiger partial charge in [0.15, 0.2) is 0 Å². The summed E-state index contributed by atoms with van der Waals surface area (Å²) in [4.78, 5) is 3.95. The van der Waals surface area contributed by atoms with Gasteiger partial charge >= 0.3 is 0 Å². The summed E-state index contributed by atoms with van der Waals surface area (Å²) in [6, 6.07) is 12.3. The van der Waals surface area contributed by atoms with E-state index in [1.54, 1.807) is 53.5 Å². The first kappa shape index (κ1) is 19.7. The van der Waals surface area contributed by atoms with Crippen molar-refractivity contribution in [1.82, 2.24) is 14.8 Å². The molecule has 0 spiro atoms. The number of benzene rings is 2. The minimum absolute atomic E-state index is 0.230. The van der Waals surface area contributed by atoms with Crippen LogP contribution >= 0.6 is 23.2 Å². The molecular formula is C20H21Cl2N3O2. The maximum absolute atomic E-state index is 11.6. The average molecular weight is 406 g/mol. The molecule has 142 valence electrons. The lowest BCUT2D eigenvalue weighted by Gasteiger charge is -2.41. The van der Waals surface area contributed by atoms with E-state index in [1.807, 2.05) is 20.8 Å². The quantitative estimate of drug-likeness (QED) is 0.624. The van der Waals surface area contributed by atoms with Crippen LogP contribution in [0.3, 0.4) is 0 Å². The molecule has 1 aromatic heterocycles. The lowest BCUT2D eigenvalue weighted by atomic mass is 9.72. The van der Waals surface area contributed by atoms with Gasteiger partial charge in [0.05, 0.1) is 11.6 Å². The van der Waals surface area contributed by atoms with Crippen molar-refractivity contribution in [2.24, 2.45) is 5.41 Å². The number of aromatic nitrogens is 3. The van der Waals surface area contributed by atoms with Crippen LogP contribution in [0.15, 0.2) is 55.1 Å². The second kappa shape index (κ2) is 7.50. The minimum atomic E-state index is -1.25. The summed E-state index contributed by atoms with van der Waals surface area (Å²) >= 11 is 12.4. The maximum atomic E-state index is 11.6. The van der Waals surface area contributed by atoms with E-state index < -0.39 is 11.0 Å². The van der Waals surface area contributed by atoms with Crippen LogP contribution in [0.2, 0.25) is 10.0 Å². The number of aliphatic hydroxyl groups is 1. The molecule has 0 aliphatic heterocycles. The van der Waals surface area contributed by atoms with Gasteiger partial charge in [-0.1, -0.05) is 50.0 Å². The Balaban J connectivity index is 1.93. The summed E-state index contributed by atoms with van der Waals surface area (Å²) in [6.07, 6.45) is 3.01. The third kappa shape index (κ3) is 4.26. The largest absolute Gasteiger partial charge is 0.457 e. The van der Waals surface area contributed by atoms with E-state index in [9.17, 15) is 5.11 Å². The van der Waals surface area contributed by atoms with E-state index in [4.69, 9.17) is 27.9 Å². The van der Waals surface area contributed by atoms with E-state index in [2.05, 4.69) is 10.1 Å². The van der Waals surface area contributed by atoms with Crippen LogP contribution in [-0.4, -0.2) is 19.9 Å². The molecule has 0 fully saturated rings. The third-order valence-corrected chi connectivity index (χ3v) is 5.10. The Morgan fingerprint density at radius 3 is 2.26 bits per heavy atom. The summed E-state index contributed by atoms with van der Waals surface area (Å²) in [5.74, 6) is 1.22. The maximum Gasteiger partial charge on any atom is 0.137 e. The fourth-order valence-electron chi connectivity index (χ4n) is 2.81. The average Bonchev–Trinajstić information content (AvgIpc) is 3.09. The Labute approximate surface area is 168 Å². The van der Waals surface area contributed by atoms with Gasteiger partial charge in [-0.15, -0.1) is 0 Å². The van der Waals surface area contributed by atoms with Crippen molar-refractivity contribution in [3.63, 3.8) is 0 Å². The smallest absolute Gasteiger partial charge is 0.137 e. The lowest BCUT2D eigenvalue weighted by molar-refractivity contribution is -0.0804. The van der Waals surface area contributed by atoms with Crippen molar-refractivity contribution in [1.29, 1.82) is 0 Å². The van der Waals surface area contributed by atoms with Gasteiger partial charge in [-0.2, -0.15) is 5.10 Å². The van der Waals surface area contributed by atoms with Crippen molar-refractivity contribution in [3.05, 3.63) is 70.7 Å². The molecule has 7 heteroatoms. The molecule has 2 aromatic carbocycles. The zero-order valence-corrected chi connectivity index (χ0v) is 16.9. The summed E-state index contributed by atoms with van der Waals surface area (Å²) in [5.41, 5.74) is -1.15. The number of hydrogen-bond acceptors (Lipinski definition) is 4. The van der Waals surface area contributed by atoms with Gasteiger partial charge < -0.3 is 9.84 Å². The van der Waals surface area contributed by atoms with Gasteiger partial charge in [0.2, 0.25) is 0 Å². The van der Waals surface area contributed by atoms with Crippen molar-refractivity contribution >= 4 is 23.2 Å². The number of nitrogens with zero attached hydrogens (tertiary/aromatic N) is 3. The molecular weight excluding hydrogens is 385 g/mol. The van der Waals surface area contributed by atoms with E-state index in [0.717, 1.165) is 0 Å². The van der Waals surface area contributed by atoms with Crippen LogP contribution in [0.5, 0.6) is 11.5 Å². The van der Waals surface area contributed by atoms with Crippen LogP contribution < -0.4 is 4.74 Å². The van der Waals surface area contributed by atoms with Crippen molar-refractivity contribution < 1.29 is 9.84 Å². The molecule has 1 N–H and O–H groups in total. The van der Waals surface area contributed by atoms with Gasteiger partial charge in [0.25, 0.3) is 0 Å². The van der Waals surface area contributed by atoms with Gasteiger partial charge in [0.1, 0.15) is 29.8 Å². The fourth-order valence-corrected chi connectivity index (χ4v) is 3.26. The second-order valence-electron chi connectivity index (χ2n) is 7.40. The van der Waals surface area contributed by atoms with E-state index >= 15 is 0 Å². The molecule has 0 saturated carbocycles. The van der Waals surface area contributed by atoms with Crippen molar-refractivity contribution in [3.8, 4) is 11.5 Å². The Morgan fingerprint density at radius 1 is 1.04 bits per heavy atom. The van der Waals surface area contributed by atoms with Gasteiger partial charge in [-0.25, -0.2) is 9.67 Å². The highest BCUT2D eigenvalue weighted by Crippen LogP contribution is 2.44. The van der Waals surface area contributed by atoms with Gasteiger partial charge in [-0.3, -0.25) is 0 Å². The highest BCUT2D eigenvalue weighted by Gasteiger charge is 2.43. The molecule has 3 rings (SSSR count). The Kier molecular flexibility index (Phi) is 5.47. The normalized spacial score (nSPS) is 14.0. The number of halogens is 2. The SMILES string of the molecule is CC(C)(C)[C@](O)(Cn1cncn1)c1ccc(Oc2ccc(Cl)cc2)cc1Cl. The van der Waals surface area contributed by atoms with Crippen LogP contribution in [0.1, 0.15) is 26.3 Å². The predicted molar refractivity (Wildman–Crippen MR) is 106 cm³/mol. The van der Waals surface area contributed by atoms with Gasteiger partial charge in [-0.05, 0) is 41.8 Å². The molecule has 3 aromatic rings. The number of rotatable bonds is 5. The van der Waals surface area contributed by atoms with Crippen LogP contribution in [0, 0.1) is 5.41 Å². The molecule has 5 nitrogen and oxygen atoms in total. The molecule has 0 aliphatic rings. The summed E-state index contributed by atoms with van der Waals surface area (Å²) < 4.78 is 7.42. The summed E-state index contributed by atoms with van der Waals surface area (Å²) in [5, 5.41) is 16.7. The molecule has 0 unspecified atom stereocenters. The molecule has 0 radical (unpaired) electrons. The topological polar surface area (TPSA) is 60.2 Å². The monoisotopic (exact) mass is 405 g/mol. The first-order valence-electron chi connectivity index (χ1n) is 8.47. The van der Waals surface area contributed by atoms with Crippen LogP contribution in [-0.2, 0) is 12.1 Å². The zero-order chi connectivity index (χ0) is 19.7. The first-order chi connectivity index (χ1) is 12.7. The Bertz CT molecular complexity index is 906. The molecule has 27 heavy (non-hydrogen) atoms. The van der Waals surface area contributed by atoms with E-state index in [-0.39, 0.29) is 6.54 Å². The lowest BCUT2D eigenvalue weighted by Crippen LogP contribution is -2.44.